The van der Waals surface area contributed by atoms with Crippen molar-refractivity contribution in [3.8, 4) is 0 Å². The van der Waals surface area contributed by atoms with Crippen LogP contribution in [-0.4, -0.2) is 36.2 Å². The van der Waals surface area contributed by atoms with E-state index < -0.39 is 13.4 Å². The molecule has 0 spiro atoms. The van der Waals surface area contributed by atoms with Crippen molar-refractivity contribution in [2.45, 2.75) is 113 Å². The van der Waals surface area contributed by atoms with Gasteiger partial charge in [-0.05, 0) is 70.1 Å². The van der Waals surface area contributed by atoms with Crippen LogP contribution in [-0.2, 0) is 18.5 Å². The third-order valence-electron chi connectivity index (χ3n) is 5.69. The van der Waals surface area contributed by atoms with Crippen LogP contribution in [0.2, 0.25) is 0 Å². The molecule has 0 amide bonds. The van der Waals surface area contributed by atoms with E-state index in [0.29, 0.717) is 37.1 Å². The summed E-state index contributed by atoms with van der Waals surface area (Å²) in [5.74, 6) is 0.728. The van der Waals surface area contributed by atoms with Crippen molar-refractivity contribution in [3.63, 3.8) is 0 Å². The van der Waals surface area contributed by atoms with E-state index in [1.165, 1.54) is 25.7 Å². The van der Waals surface area contributed by atoms with Crippen LogP contribution >= 0.6 is 7.60 Å². The largest absolute Gasteiger partial charge is 0.350 e. The summed E-state index contributed by atoms with van der Waals surface area (Å²) < 4.78 is 25.5. The van der Waals surface area contributed by atoms with E-state index in [-0.39, 0.29) is 11.0 Å². The van der Waals surface area contributed by atoms with Gasteiger partial charge in [-0.15, -0.1) is 0 Å². The maximum absolute atomic E-state index is 13.9. The first-order chi connectivity index (χ1) is 13.5. The molecule has 3 atom stereocenters. The van der Waals surface area contributed by atoms with Crippen molar-refractivity contribution in [3.05, 3.63) is 0 Å². The van der Waals surface area contributed by atoms with E-state index in [1.807, 2.05) is 18.9 Å². The first kappa shape index (κ1) is 28.1. The van der Waals surface area contributed by atoms with Gasteiger partial charge in [0.15, 0.2) is 0 Å². The summed E-state index contributed by atoms with van der Waals surface area (Å²) in [7, 11) is -3.41. The lowest BCUT2D eigenvalue weighted by atomic mass is 9.80. The first-order valence-electron chi connectivity index (χ1n) is 11.9. The Morgan fingerprint density at radius 2 is 1.40 bits per heavy atom. The lowest BCUT2D eigenvalue weighted by Gasteiger charge is -2.47. The van der Waals surface area contributed by atoms with Crippen LogP contribution in [0.4, 0.5) is 0 Å². The second-order valence-electron chi connectivity index (χ2n) is 12.1. The maximum Gasteiger partial charge on any atom is 0.350 e. The Balaban J connectivity index is 3.17. The molecule has 1 fully saturated rings. The summed E-state index contributed by atoms with van der Waals surface area (Å²) in [6.45, 7) is 24.6. The minimum atomic E-state index is -3.41. The zero-order valence-corrected chi connectivity index (χ0v) is 22.6. The van der Waals surface area contributed by atoms with Gasteiger partial charge in [-0.2, -0.15) is 5.06 Å². The van der Waals surface area contributed by atoms with Gasteiger partial charge in [0.05, 0.1) is 19.8 Å². The Bertz CT molecular complexity index is 549. The van der Waals surface area contributed by atoms with Crippen LogP contribution in [0.3, 0.4) is 0 Å². The molecular weight excluding hydrogens is 397 g/mol. The average Bonchev–Trinajstić information content (AvgIpc) is 2.94. The van der Waals surface area contributed by atoms with Gasteiger partial charge in [-0.3, -0.25) is 9.40 Å². The average molecular weight is 448 g/mol. The third-order valence-corrected chi connectivity index (χ3v) is 8.51. The molecule has 5 nitrogen and oxygen atoms in total. The van der Waals surface area contributed by atoms with Crippen molar-refractivity contribution in [2.24, 2.45) is 22.7 Å². The van der Waals surface area contributed by atoms with Crippen LogP contribution in [0.25, 0.3) is 0 Å². The normalized spacial score (nSPS) is 22.7. The Labute approximate surface area is 187 Å². The molecule has 0 aliphatic heterocycles. The summed E-state index contributed by atoms with van der Waals surface area (Å²) in [5, 5.41) is 1.94. The van der Waals surface area contributed by atoms with Crippen molar-refractivity contribution < 1.29 is 18.5 Å². The van der Waals surface area contributed by atoms with Gasteiger partial charge in [0.2, 0.25) is 0 Å². The molecule has 0 bridgehead atoms. The second-order valence-corrected chi connectivity index (χ2v) is 14.2. The minimum Gasteiger partial charge on any atom is -0.308 e. The molecule has 30 heavy (non-hydrogen) atoms. The molecule has 6 heteroatoms. The van der Waals surface area contributed by atoms with Crippen molar-refractivity contribution >= 4 is 7.60 Å². The number of hydrogen-bond acceptors (Lipinski definition) is 5. The molecule has 0 radical (unpaired) electrons. The van der Waals surface area contributed by atoms with E-state index in [0.717, 1.165) is 0 Å². The van der Waals surface area contributed by atoms with E-state index >= 15 is 0 Å². The topological polar surface area (TPSA) is 48.0 Å². The van der Waals surface area contributed by atoms with Crippen LogP contribution in [0, 0.1) is 22.7 Å². The number of nitrogens with zero attached hydrogens (tertiary/aromatic N) is 1. The van der Waals surface area contributed by atoms with Gasteiger partial charge < -0.3 is 9.05 Å². The highest BCUT2D eigenvalue weighted by molar-refractivity contribution is 7.54. The Morgan fingerprint density at radius 3 is 1.80 bits per heavy atom. The molecule has 1 rings (SSSR count). The van der Waals surface area contributed by atoms with Gasteiger partial charge >= 0.3 is 7.60 Å². The molecule has 180 valence electrons. The summed E-state index contributed by atoms with van der Waals surface area (Å²) in [5.41, 5.74) is -0.377. The molecule has 1 aliphatic carbocycles. The fraction of sp³-hybridized carbons (Fsp3) is 1.00. The second kappa shape index (κ2) is 10.8. The smallest absolute Gasteiger partial charge is 0.308 e. The highest BCUT2D eigenvalue weighted by atomic mass is 31.2. The van der Waals surface area contributed by atoms with Crippen LogP contribution in [0.15, 0.2) is 0 Å². The highest BCUT2D eigenvalue weighted by Gasteiger charge is 2.51. The lowest BCUT2D eigenvalue weighted by molar-refractivity contribution is -0.246. The Hall–Kier alpha value is 0.0700. The SMILES string of the molecule is CCOP(=O)(OCC)C(N(OC[C@H]1CCC[C@H]1CC(C)(C)C)C(C)(C)C)C(C)(C)C. The summed E-state index contributed by atoms with van der Waals surface area (Å²) in [6.07, 6.45) is 4.96. The quantitative estimate of drug-likeness (QED) is 0.256. The van der Waals surface area contributed by atoms with Crippen molar-refractivity contribution in [1.82, 2.24) is 5.06 Å². The highest BCUT2D eigenvalue weighted by Crippen LogP contribution is 2.60. The first-order valence-corrected chi connectivity index (χ1v) is 13.5. The lowest BCUT2D eigenvalue weighted by Crippen LogP contribution is -2.53. The van der Waals surface area contributed by atoms with Gasteiger partial charge in [0.1, 0.15) is 5.78 Å². The fourth-order valence-electron chi connectivity index (χ4n) is 4.69. The van der Waals surface area contributed by atoms with Gasteiger partial charge in [-0.1, -0.05) is 54.4 Å². The Morgan fingerprint density at radius 1 is 0.900 bits per heavy atom. The van der Waals surface area contributed by atoms with E-state index in [1.54, 1.807) is 0 Å². The summed E-state index contributed by atoms with van der Waals surface area (Å²) >= 11 is 0. The molecule has 0 aromatic heterocycles. The fourth-order valence-corrected chi connectivity index (χ4v) is 7.38. The molecule has 0 heterocycles. The standard InChI is InChI=1S/C24H50NO4P/c1-12-28-30(26,29-13-2)21(23(6,7)8)25(24(9,10)11)27-18-20-16-14-15-19(20)17-22(3,4)5/h19-21H,12-18H2,1-11H3/t19-,20+,21?/m0/s1. The minimum absolute atomic E-state index is 0.324. The predicted octanol–water partition coefficient (Wildman–Crippen LogP) is 7.51. The van der Waals surface area contributed by atoms with Crippen LogP contribution < -0.4 is 0 Å². The Kier molecular flexibility index (Phi) is 10.1. The molecule has 0 N–H and O–H groups in total. The summed E-state index contributed by atoms with van der Waals surface area (Å²) in [4.78, 5) is 6.56. The molecule has 0 aromatic carbocycles. The van der Waals surface area contributed by atoms with E-state index in [9.17, 15) is 4.57 Å². The van der Waals surface area contributed by atoms with E-state index in [2.05, 4.69) is 62.3 Å². The van der Waals surface area contributed by atoms with Gasteiger partial charge in [-0.25, -0.2) is 0 Å². The van der Waals surface area contributed by atoms with Crippen molar-refractivity contribution in [1.29, 1.82) is 0 Å². The maximum atomic E-state index is 13.9. The molecule has 1 unspecified atom stereocenters. The zero-order valence-electron chi connectivity index (χ0n) is 21.7. The number of hydrogen-bond donors (Lipinski definition) is 0. The van der Waals surface area contributed by atoms with Gasteiger partial charge in [0, 0.05) is 5.54 Å². The monoisotopic (exact) mass is 447 g/mol. The molecular formula is C24H50NO4P. The van der Waals surface area contributed by atoms with Gasteiger partial charge in [0.25, 0.3) is 0 Å². The van der Waals surface area contributed by atoms with Crippen LogP contribution in [0.5, 0.6) is 0 Å². The predicted molar refractivity (Wildman–Crippen MR) is 127 cm³/mol. The summed E-state index contributed by atoms with van der Waals surface area (Å²) in [6, 6.07) is 0. The molecule has 0 aromatic rings. The van der Waals surface area contributed by atoms with Crippen LogP contribution in [0.1, 0.15) is 102 Å². The molecule has 1 aliphatic rings. The molecule has 0 saturated heterocycles. The molecule has 1 saturated carbocycles. The number of rotatable bonds is 10. The number of hydroxylamine groups is 2. The zero-order chi connectivity index (χ0) is 23.4. The third kappa shape index (κ3) is 8.20. The van der Waals surface area contributed by atoms with E-state index in [4.69, 9.17) is 13.9 Å². The van der Waals surface area contributed by atoms with Crippen molar-refractivity contribution in [2.75, 3.05) is 19.8 Å².